The van der Waals surface area contributed by atoms with E-state index in [0.717, 1.165) is 39.8 Å². The first-order valence-corrected chi connectivity index (χ1v) is 11.6. The number of allylic oxidation sites excluding steroid dienone is 1. The second kappa shape index (κ2) is 8.77. The van der Waals surface area contributed by atoms with Crippen molar-refractivity contribution in [3.8, 4) is 22.5 Å². The second-order valence-electron chi connectivity index (χ2n) is 8.99. The lowest BCUT2D eigenvalue weighted by atomic mass is 9.92. The molecule has 0 saturated carbocycles. The normalized spacial score (nSPS) is 15.0. The first kappa shape index (κ1) is 21.7. The number of benzene rings is 1. The minimum atomic E-state index is -0.214. The molecule has 0 fully saturated rings. The summed E-state index contributed by atoms with van der Waals surface area (Å²) >= 11 is 0. The Morgan fingerprint density at radius 3 is 2.81 bits per heavy atom. The molecule has 6 rings (SSSR count). The molecule has 0 bridgehead atoms. The number of nitrogens with zero attached hydrogens (tertiary/aromatic N) is 5. The average molecular weight is 477 g/mol. The Balaban J connectivity index is 1.39. The molecule has 5 aromatic rings. The Morgan fingerprint density at radius 1 is 1.08 bits per heavy atom. The summed E-state index contributed by atoms with van der Waals surface area (Å²) in [6, 6.07) is 12.2. The van der Waals surface area contributed by atoms with Crippen molar-refractivity contribution in [1.82, 2.24) is 30.0 Å². The fourth-order valence-corrected chi connectivity index (χ4v) is 4.50. The number of anilines is 1. The van der Waals surface area contributed by atoms with Crippen molar-refractivity contribution >= 4 is 39.9 Å². The fraction of sp³-hybridized carbons (Fsp3) is 0.148. The lowest BCUT2D eigenvalue weighted by Gasteiger charge is -2.13. The van der Waals surface area contributed by atoms with Crippen LogP contribution in [0.3, 0.4) is 0 Å². The van der Waals surface area contributed by atoms with Gasteiger partial charge in [-0.25, -0.2) is 9.78 Å². The van der Waals surface area contributed by atoms with E-state index in [4.69, 9.17) is 0 Å². The third-order valence-electron chi connectivity index (χ3n) is 6.37. The minimum absolute atomic E-state index is 0.214. The van der Waals surface area contributed by atoms with Gasteiger partial charge in [-0.05, 0) is 36.2 Å². The Bertz CT molecular complexity index is 1660. The molecule has 1 aliphatic heterocycles. The molecule has 0 radical (unpaired) electrons. The van der Waals surface area contributed by atoms with Gasteiger partial charge in [-0.1, -0.05) is 18.2 Å². The number of aromatic amines is 2. The van der Waals surface area contributed by atoms with Crippen molar-refractivity contribution in [3.63, 3.8) is 0 Å². The number of carbonyl (C=O) groups is 1. The zero-order chi connectivity index (χ0) is 24.6. The predicted octanol–water partition coefficient (Wildman–Crippen LogP) is 5.33. The number of hydrogen-bond donors (Lipinski definition) is 3. The highest BCUT2D eigenvalue weighted by atomic mass is 16.2. The number of amides is 2. The molecule has 1 aliphatic rings. The summed E-state index contributed by atoms with van der Waals surface area (Å²) in [6.45, 7) is 0. The van der Waals surface area contributed by atoms with E-state index in [9.17, 15) is 4.79 Å². The monoisotopic (exact) mass is 476 g/mol. The number of rotatable bonds is 4. The van der Waals surface area contributed by atoms with Gasteiger partial charge in [0.1, 0.15) is 5.69 Å². The molecule has 2 amide bonds. The van der Waals surface area contributed by atoms with Gasteiger partial charge in [0.2, 0.25) is 0 Å². The number of carbonyl (C=O) groups excluding carboxylic acids is 1. The van der Waals surface area contributed by atoms with Gasteiger partial charge in [-0.2, -0.15) is 5.10 Å². The topological polar surface area (TPSA) is 115 Å². The van der Waals surface area contributed by atoms with Crippen LogP contribution in [0, 0.1) is 0 Å². The van der Waals surface area contributed by atoms with Gasteiger partial charge in [-0.3, -0.25) is 15.1 Å². The quantitative estimate of drug-likeness (QED) is 0.325. The van der Waals surface area contributed by atoms with E-state index in [-0.39, 0.29) is 6.03 Å². The highest BCUT2D eigenvalue weighted by Gasteiger charge is 2.17. The van der Waals surface area contributed by atoms with Crippen LogP contribution >= 0.6 is 0 Å². The van der Waals surface area contributed by atoms with E-state index in [1.807, 2.05) is 24.5 Å². The smallest absolute Gasteiger partial charge is 0.321 e. The third kappa shape index (κ3) is 3.90. The summed E-state index contributed by atoms with van der Waals surface area (Å²) in [5.41, 5.74) is 7.08. The molecule has 5 heterocycles. The highest BCUT2D eigenvalue weighted by molar-refractivity contribution is 5.97. The van der Waals surface area contributed by atoms with Crippen molar-refractivity contribution in [2.75, 3.05) is 19.4 Å². The van der Waals surface area contributed by atoms with E-state index in [0.29, 0.717) is 17.3 Å². The standard InChI is InChI=1S/C27H24N8O/c1-35(2)27(36)31-19-10-17(13-29-15-19)18-11-22-25(33-34-26(22)30-14-18)24-12-21-20(4-3-5-23(21)32-24)16-6-8-28-9-7-16/h3-6,8-16,32H,7H2,1-2H3,(H,31,36)(H,30,33,34). The van der Waals surface area contributed by atoms with E-state index in [1.54, 1.807) is 32.7 Å². The van der Waals surface area contributed by atoms with Gasteiger partial charge in [0, 0.05) is 72.2 Å². The van der Waals surface area contributed by atoms with Gasteiger partial charge in [0.05, 0.1) is 17.6 Å². The molecule has 3 N–H and O–H groups in total. The Kier molecular flexibility index (Phi) is 5.29. The molecule has 1 atom stereocenters. The van der Waals surface area contributed by atoms with E-state index >= 15 is 0 Å². The summed E-state index contributed by atoms with van der Waals surface area (Å²) in [7, 11) is 3.38. The molecule has 178 valence electrons. The zero-order valence-electron chi connectivity index (χ0n) is 19.9. The number of aromatic nitrogens is 5. The number of H-pyrrole nitrogens is 2. The molecule has 4 aromatic heterocycles. The van der Waals surface area contributed by atoms with E-state index in [1.165, 1.54) is 15.8 Å². The second-order valence-corrected chi connectivity index (χ2v) is 8.99. The van der Waals surface area contributed by atoms with Crippen molar-refractivity contribution in [2.24, 2.45) is 4.99 Å². The zero-order valence-corrected chi connectivity index (χ0v) is 19.9. The lowest BCUT2D eigenvalue weighted by Crippen LogP contribution is -2.27. The number of fused-ring (bicyclic) bond motifs is 2. The molecular weight excluding hydrogens is 452 g/mol. The Hall–Kier alpha value is -4.79. The molecule has 0 spiro atoms. The molecule has 9 nitrogen and oxygen atoms in total. The first-order valence-electron chi connectivity index (χ1n) is 11.6. The van der Waals surface area contributed by atoms with Crippen LogP contribution in [0.1, 0.15) is 17.9 Å². The van der Waals surface area contributed by atoms with Crippen LogP contribution in [0.2, 0.25) is 0 Å². The Morgan fingerprint density at radius 2 is 1.97 bits per heavy atom. The van der Waals surface area contributed by atoms with Crippen LogP contribution in [0.4, 0.5) is 10.5 Å². The van der Waals surface area contributed by atoms with Crippen molar-refractivity contribution < 1.29 is 4.79 Å². The largest absolute Gasteiger partial charge is 0.353 e. The number of aliphatic imine (C=N–C) groups is 1. The fourth-order valence-electron chi connectivity index (χ4n) is 4.50. The van der Waals surface area contributed by atoms with E-state index < -0.39 is 0 Å². The van der Waals surface area contributed by atoms with Gasteiger partial charge in [0.25, 0.3) is 0 Å². The minimum Gasteiger partial charge on any atom is -0.353 e. The molecule has 0 saturated heterocycles. The maximum atomic E-state index is 12.0. The van der Waals surface area contributed by atoms with Gasteiger partial charge >= 0.3 is 6.03 Å². The van der Waals surface area contributed by atoms with Crippen LogP contribution in [0.25, 0.3) is 44.5 Å². The third-order valence-corrected chi connectivity index (χ3v) is 6.37. The number of hydrogen-bond acceptors (Lipinski definition) is 5. The average Bonchev–Trinajstić information content (AvgIpc) is 3.53. The van der Waals surface area contributed by atoms with Gasteiger partial charge < -0.3 is 15.2 Å². The maximum absolute atomic E-state index is 12.0. The van der Waals surface area contributed by atoms with E-state index in [2.05, 4.69) is 65.8 Å². The van der Waals surface area contributed by atoms with Crippen molar-refractivity contribution in [2.45, 2.75) is 12.3 Å². The summed E-state index contributed by atoms with van der Waals surface area (Å²) in [6.07, 6.45) is 12.0. The lowest BCUT2D eigenvalue weighted by molar-refractivity contribution is 0.230. The van der Waals surface area contributed by atoms with Crippen molar-refractivity contribution in [3.05, 3.63) is 72.8 Å². The number of urea groups is 1. The van der Waals surface area contributed by atoms with Crippen LogP contribution in [0.15, 0.2) is 72.3 Å². The molecule has 0 aliphatic carbocycles. The highest BCUT2D eigenvalue weighted by Crippen LogP contribution is 2.35. The first-order chi connectivity index (χ1) is 17.6. The Labute approximate surface area is 207 Å². The van der Waals surface area contributed by atoms with Crippen LogP contribution in [-0.4, -0.2) is 56.4 Å². The van der Waals surface area contributed by atoms with Gasteiger partial charge in [-0.15, -0.1) is 0 Å². The molecular formula is C27H24N8O. The van der Waals surface area contributed by atoms with Crippen molar-refractivity contribution in [1.29, 1.82) is 0 Å². The number of pyridine rings is 2. The van der Waals surface area contributed by atoms with Crippen LogP contribution in [-0.2, 0) is 0 Å². The van der Waals surface area contributed by atoms with Crippen LogP contribution < -0.4 is 5.32 Å². The predicted molar refractivity (Wildman–Crippen MR) is 142 cm³/mol. The molecule has 9 heteroatoms. The summed E-state index contributed by atoms with van der Waals surface area (Å²) in [5, 5.41) is 12.5. The summed E-state index contributed by atoms with van der Waals surface area (Å²) in [4.78, 5) is 30.2. The summed E-state index contributed by atoms with van der Waals surface area (Å²) < 4.78 is 0. The molecule has 1 aromatic carbocycles. The van der Waals surface area contributed by atoms with Crippen LogP contribution in [0.5, 0.6) is 0 Å². The van der Waals surface area contributed by atoms with Gasteiger partial charge in [0.15, 0.2) is 5.65 Å². The maximum Gasteiger partial charge on any atom is 0.321 e. The molecule has 1 unspecified atom stereocenters. The number of nitrogens with one attached hydrogen (secondary N) is 3. The molecule has 36 heavy (non-hydrogen) atoms. The SMILES string of the molecule is CN(C)C(=O)Nc1cncc(-c2cnc3[nH]nc(-c4cc5c(C6C=CN=CC6)cccc5[nH]4)c3c2)c1. The summed E-state index contributed by atoms with van der Waals surface area (Å²) in [5.74, 6) is 0.298.